The number of carbonyl (C=O) groups excluding carboxylic acids is 1. The first-order valence-electron chi connectivity index (χ1n) is 9.35. The van der Waals surface area contributed by atoms with E-state index in [1.165, 1.54) is 22.8 Å². The molecule has 0 spiro atoms. The van der Waals surface area contributed by atoms with Crippen LogP contribution in [0.25, 0.3) is 0 Å². The molecule has 0 bridgehead atoms. The first-order chi connectivity index (χ1) is 13.1. The summed E-state index contributed by atoms with van der Waals surface area (Å²) < 4.78 is 5.43. The molecule has 0 saturated heterocycles. The Kier molecular flexibility index (Phi) is 6.42. The third-order valence-electron chi connectivity index (χ3n) is 4.83. The van der Waals surface area contributed by atoms with E-state index in [0.29, 0.717) is 0 Å². The van der Waals surface area contributed by atoms with E-state index in [9.17, 15) is 4.79 Å². The minimum Gasteiger partial charge on any atom is -0.463 e. The zero-order valence-corrected chi connectivity index (χ0v) is 16.8. The summed E-state index contributed by atoms with van der Waals surface area (Å²) in [7, 11) is -1.84. The molecule has 0 radical (unpaired) electrons. The molecule has 3 aromatic rings. The van der Waals surface area contributed by atoms with Gasteiger partial charge in [-0.3, -0.25) is 4.79 Å². The zero-order chi connectivity index (χ0) is 19.1. The number of rotatable bonds is 7. The Morgan fingerprint density at radius 3 is 1.48 bits per heavy atom. The fraction of sp³-hybridized carbons (Fsp3) is 0.208. The minimum absolute atomic E-state index is 0.0991. The third kappa shape index (κ3) is 4.46. The summed E-state index contributed by atoms with van der Waals surface area (Å²) in [6.07, 6.45) is 1.68. The largest absolute Gasteiger partial charge is 0.463 e. The highest BCUT2D eigenvalue weighted by atomic mass is 31.2. The second-order valence-corrected chi connectivity index (χ2v) is 10.4. The zero-order valence-electron chi connectivity index (χ0n) is 15.9. The van der Waals surface area contributed by atoms with Crippen molar-refractivity contribution in [1.82, 2.24) is 0 Å². The van der Waals surface area contributed by atoms with Crippen molar-refractivity contribution in [2.45, 2.75) is 26.4 Å². The van der Waals surface area contributed by atoms with Crippen LogP contribution in [0.1, 0.15) is 20.3 Å². The van der Waals surface area contributed by atoms with Gasteiger partial charge in [-0.1, -0.05) is 54.6 Å². The van der Waals surface area contributed by atoms with Crippen molar-refractivity contribution in [3.8, 4) is 0 Å². The molecule has 0 unspecified atom stereocenters. The molecule has 3 aromatic carbocycles. The monoisotopic (exact) mass is 377 g/mol. The Morgan fingerprint density at radius 1 is 0.778 bits per heavy atom. The van der Waals surface area contributed by atoms with Crippen LogP contribution in [0.5, 0.6) is 0 Å². The Labute approximate surface area is 162 Å². The van der Waals surface area contributed by atoms with Crippen LogP contribution in [-0.2, 0) is 9.53 Å². The normalized spacial score (nSPS) is 12.4. The highest BCUT2D eigenvalue weighted by Crippen LogP contribution is 2.55. The molecule has 2 nitrogen and oxygen atoms in total. The molecule has 0 aliphatic carbocycles. The van der Waals surface area contributed by atoms with Crippen molar-refractivity contribution in [2.75, 3.05) is 6.16 Å². The average Bonchev–Trinajstić information content (AvgIpc) is 2.70. The van der Waals surface area contributed by atoms with E-state index in [0.717, 1.165) is 12.6 Å². The van der Waals surface area contributed by atoms with E-state index in [4.69, 9.17) is 4.74 Å². The smallest absolute Gasteiger partial charge is 0.302 e. The number of ether oxygens (including phenoxy) is 1. The van der Waals surface area contributed by atoms with E-state index in [1.807, 2.05) is 6.92 Å². The van der Waals surface area contributed by atoms with Crippen LogP contribution in [0.4, 0.5) is 0 Å². The first kappa shape index (κ1) is 19.3. The number of carbonyl (C=O) groups is 1. The maximum atomic E-state index is 11.4. The van der Waals surface area contributed by atoms with Gasteiger partial charge in [0.1, 0.15) is 29.3 Å². The number of hydrogen-bond donors (Lipinski definition) is 0. The topological polar surface area (TPSA) is 26.3 Å². The summed E-state index contributed by atoms with van der Waals surface area (Å²) in [5.74, 6) is -0.217. The lowest BCUT2D eigenvalue weighted by atomic mass is 10.3. The summed E-state index contributed by atoms with van der Waals surface area (Å²) in [6.45, 7) is 3.46. The molecular weight excluding hydrogens is 351 g/mol. The van der Waals surface area contributed by atoms with Gasteiger partial charge in [-0.2, -0.15) is 0 Å². The van der Waals surface area contributed by atoms with Gasteiger partial charge in [-0.05, 0) is 43.3 Å². The van der Waals surface area contributed by atoms with Crippen molar-refractivity contribution < 1.29 is 9.53 Å². The molecule has 138 valence electrons. The van der Waals surface area contributed by atoms with Crippen LogP contribution in [0.2, 0.25) is 0 Å². The van der Waals surface area contributed by atoms with Crippen LogP contribution in [0.3, 0.4) is 0 Å². The van der Waals surface area contributed by atoms with Gasteiger partial charge in [0.05, 0.1) is 6.16 Å². The summed E-state index contributed by atoms with van der Waals surface area (Å²) in [4.78, 5) is 11.4. The Hall–Kier alpha value is -2.44. The molecule has 0 fully saturated rings. The predicted molar refractivity (Wildman–Crippen MR) is 116 cm³/mol. The molecule has 0 N–H and O–H groups in total. The van der Waals surface area contributed by atoms with E-state index in [-0.39, 0.29) is 12.1 Å². The van der Waals surface area contributed by atoms with Gasteiger partial charge in [-0.25, -0.2) is 0 Å². The van der Waals surface area contributed by atoms with Crippen LogP contribution < -0.4 is 15.9 Å². The van der Waals surface area contributed by atoms with Gasteiger partial charge < -0.3 is 4.74 Å². The molecule has 0 amide bonds. The lowest BCUT2D eigenvalue weighted by molar-refractivity contribution is -0.145. The fourth-order valence-electron chi connectivity index (χ4n) is 3.60. The quantitative estimate of drug-likeness (QED) is 0.453. The van der Waals surface area contributed by atoms with Crippen molar-refractivity contribution >= 4 is 29.1 Å². The molecule has 0 heterocycles. The Morgan fingerprint density at radius 2 is 1.15 bits per heavy atom. The van der Waals surface area contributed by atoms with E-state index in [2.05, 4.69) is 91.0 Å². The highest BCUT2D eigenvalue weighted by Gasteiger charge is 2.45. The summed E-state index contributed by atoms with van der Waals surface area (Å²) in [5.41, 5.74) is 0. The molecule has 3 rings (SSSR count). The second-order valence-electron chi connectivity index (χ2n) is 6.75. The Balaban J connectivity index is 2.12. The van der Waals surface area contributed by atoms with Gasteiger partial charge in [0.25, 0.3) is 0 Å². The SMILES string of the molecule is CC(=O)O[C@H](C)CC[P+](c1ccccc1)(c1ccccc1)c1ccccc1. The van der Waals surface area contributed by atoms with Gasteiger partial charge in [0, 0.05) is 13.3 Å². The number of hydrogen-bond acceptors (Lipinski definition) is 2. The van der Waals surface area contributed by atoms with Gasteiger partial charge >= 0.3 is 5.97 Å². The van der Waals surface area contributed by atoms with Crippen LogP contribution in [0, 0.1) is 0 Å². The predicted octanol–water partition coefficient (Wildman–Crippen LogP) is 4.32. The molecule has 0 aliphatic rings. The van der Waals surface area contributed by atoms with Crippen LogP contribution in [0.15, 0.2) is 91.0 Å². The molecular formula is C24H26O2P+. The summed E-state index contributed by atoms with van der Waals surface area (Å²) >= 11 is 0. The molecule has 0 saturated carbocycles. The molecule has 0 aliphatic heterocycles. The van der Waals surface area contributed by atoms with Crippen molar-refractivity contribution in [3.63, 3.8) is 0 Å². The van der Waals surface area contributed by atoms with Crippen molar-refractivity contribution in [1.29, 1.82) is 0 Å². The van der Waals surface area contributed by atoms with Gasteiger partial charge in [0.2, 0.25) is 0 Å². The number of esters is 1. The summed E-state index contributed by atoms with van der Waals surface area (Å²) in [6, 6.07) is 32.3. The summed E-state index contributed by atoms with van der Waals surface area (Å²) in [5, 5.41) is 4.08. The van der Waals surface area contributed by atoms with E-state index >= 15 is 0 Å². The van der Waals surface area contributed by atoms with E-state index < -0.39 is 7.26 Å². The molecule has 3 heteroatoms. The lowest BCUT2D eigenvalue weighted by Gasteiger charge is -2.28. The van der Waals surface area contributed by atoms with Crippen LogP contribution >= 0.6 is 7.26 Å². The lowest BCUT2D eigenvalue weighted by Crippen LogP contribution is -2.34. The maximum absolute atomic E-state index is 11.4. The molecule has 27 heavy (non-hydrogen) atoms. The van der Waals surface area contributed by atoms with Gasteiger partial charge in [0.15, 0.2) is 0 Å². The standard InChI is InChI=1S/C24H26O2P/c1-20(26-21(2)25)18-19-27(22-12-6-3-7-13-22,23-14-8-4-9-15-23)24-16-10-5-11-17-24/h3-17,20H,18-19H2,1-2H3/q+1/t20-/m1/s1. The second kappa shape index (κ2) is 8.97. The molecule has 0 aromatic heterocycles. The maximum Gasteiger partial charge on any atom is 0.302 e. The van der Waals surface area contributed by atoms with Crippen LogP contribution in [-0.4, -0.2) is 18.2 Å². The van der Waals surface area contributed by atoms with Crippen molar-refractivity contribution in [2.24, 2.45) is 0 Å². The Bertz CT molecular complexity index is 751. The number of benzene rings is 3. The average molecular weight is 377 g/mol. The van der Waals surface area contributed by atoms with Crippen molar-refractivity contribution in [3.05, 3.63) is 91.0 Å². The molecule has 1 atom stereocenters. The highest BCUT2D eigenvalue weighted by molar-refractivity contribution is 7.95. The minimum atomic E-state index is -1.84. The fourth-order valence-corrected chi connectivity index (χ4v) is 8.06. The third-order valence-corrected chi connectivity index (χ3v) is 9.30. The van der Waals surface area contributed by atoms with Gasteiger partial charge in [-0.15, -0.1) is 0 Å². The first-order valence-corrected chi connectivity index (χ1v) is 11.3. The van der Waals surface area contributed by atoms with E-state index in [1.54, 1.807) is 0 Å².